The lowest BCUT2D eigenvalue weighted by atomic mass is 9.73. The molecule has 4 rings (SSSR count). The van der Waals surface area contributed by atoms with Crippen molar-refractivity contribution in [2.24, 2.45) is 17.8 Å². The minimum atomic E-state index is -0.651. The van der Waals surface area contributed by atoms with Gasteiger partial charge in [0, 0.05) is 18.3 Å². The lowest BCUT2D eigenvalue weighted by Gasteiger charge is -2.44. The summed E-state index contributed by atoms with van der Waals surface area (Å²) in [5.74, 6) is 0.792. The van der Waals surface area contributed by atoms with Crippen molar-refractivity contribution in [2.75, 3.05) is 0 Å². The van der Waals surface area contributed by atoms with E-state index in [2.05, 4.69) is 13.2 Å². The van der Waals surface area contributed by atoms with Gasteiger partial charge in [-0.05, 0) is 38.5 Å². The van der Waals surface area contributed by atoms with Crippen molar-refractivity contribution in [2.45, 2.75) is 56.8 Å². The van der Waals surface area contributed by atoms with Crippen LogP contribution in [0.5, 0.6) is 0 Å². The molecule has 2 aliphatic carbocycles. The van der Waals surface area contributed by atoms with Crippen molar-refractivity contribution in [3.63, 3.8) is 0 Å². The molecule has 3 nitrogen and oxygen atoms in total. The van der Waals surface area contributed by atoms with Crippen molar-refractivity contribution < 1.29 is 14.3 Å². The number of hydrogen-bond donors (Lipinski definition) is 0. The van der Waals surface area contributed by atoms with Crippen molar-refractivity contribution in [3.05, 3.63) is 24.3 Å². The maximum atomic E-state index is 12.4. The van der Waals surface area contributed by atoms with Crippen LogP contribution in [-0.2, 0) is 14.3 Å². The molecule has 20 heavy (non-hydrogen) atoms. The Hall–Kier alpha value is -1.09. The minimum Gasteiger partial charge on any atom is -0.459 e. The van der Waals surface area contributed by atoms with Crippen molar-refractivity contribution in [1.82, 2.24) is 0 Å². The Morgan fingerprint density at radius 3 is 2.60 bits per heavy atom. The van der Waals surface area contributed by atoms with E-state index >= 15 is 0 Å². The van der Waals surface area contributed by atoms with Gasteiger partial charge in [0.15, 0.2) is 5.60 Å². The highest BCUT2D eigenvalue weighted by molar-refractivity contribution is 5.84. The summed E-state index contributed by atoms with van der Waals surface area (Å²) in [5, 5.41) is 0. The van der Waals surface area contributed by atoms with Gasteiger partial charge in [-0.25, -0.2) is 4.79 Å². The summed E-state index contributed by atoms with van der Waals surface area (Å²) in [6, 6.07) is 0. The third-order valence-electron chi connectivity index (χ3n) is 5.92. The van der Waals surface area contributed by atoms with Gasteiger partial charge in [0.2, 0.25) is 0 Å². The average Bonchev–Trinajstić information content (AvgIpc) is 2.82. The van der Waals surface area contributed by atoms with Gasteiger partial charge in [-0.1, -0.05) is 24.3 Å². The van der Waals surface area contributed by atoms with E-state index in [1.165, 1.54) is 11.1 Å². The Morgan fingerprint density at radius 1 is 1.20 bits per heavy atom. The lowest BCUT2D eigenvalue weighted by molar-refractivity contribution is -0.217. The zero-order chi connectivity index (χ0) is 14.1. The van der Waals surface area contributed by atoms with E-state index in [0.717, 1.165) is 32.1 Å². The van der Waals surface area contributed by atoms with Gasteiger partial charge in [0.05, 0.1) is 6.10 Å². The number of ether oxygens (including phenoxy) is 2. The first-order chi connectivity index (χ1) is 9.53. The Balaban J connectivity index is 1.72. The third kappa shape index (κ3) is 1.42. The van der Waals surface area contributed by atoms with Crippen LogP contribution in [0.25, 0.3) is 0 Å². The normalized spacial score (nSPS) is 50.5. The summed E-state index contributed by atoms with van der Waals surface area (Å²) < 4.78 is 11.7. The van der Waals surface area contributed by atoms with E-state index in [1.807, 2.05) is 6.92 Å². The van der Waals surface area contributed by atoms with Crippen LogP contribution >= 0.6 is 0 Å². The molecule has 2 saturated carbocycles. The molecule has 4 fully saturated rings. The van der Waals surface area contributed by atoms with Crippen molar-refractivity contribution >= 4 is 5.97 Å². The van der Waals surface area contributed by atoms with E-state index in [-0.39, 0.29) is 30.0 Å². The first-order valence-electron chi connectivity index (χ1n) is 7.77. The van der Waals surface area contributed by atoms with Gasteiger partial charge in [0.1, 0.15) is 6.10 Å². The van der Waals surface area contributed by atoms with E-state index in [1.54, 1.807) is 0 Å². The Labute approximate surface area is 120 Å². The Bertz CT molecular complexity index is 500. The zero-order valence-electron chi connectivity index (χ0n) is 12.1. The van der Waals surface area contributed by atoms with Crippen LogP contribution in [0.2, 0.25) is 0 Å². The molecule has 0 radical (unpaired) electrons. The number of allylic oxidation sites excluding steroid dienone is 1. The van der Waals surface area contributed by atoms with Crippen molar-refractivity contribution in [1.29, 1.82) is 0 Å². The molecule has 108 valence electrons. The molecule has 4 aliphatic rings. The monoisotopic (exact) mass is 274 g/mol. The number of carbonyl (C=O) groups is 1. The molecule has 0 aromatic heterocycles. The Morgan fingerprint density at radius 2 is 1.90 bits per heavy atom. The SMILES string of the molecule is C=C1CC[C@H]2C(=C)CC[C@@H]3[C@H](OC(=O)[C@]34C[C@H](C)O4)[C@@H]12. The lowest BCUT2D eigenvalue weighted by Crippen LogP contribution is -2.57. The molecule has 6 atom stereocenters. The molecule has 0 N–H and O–H groups in total. The summed E-state index contributed by atoms with van der Waals surface area (Å²) in [5.41, 5.74) is 1.91. The molecule has 0 aromatic rings. The van der Waals surface area contributed by atoms with E-state index in [4.69, 9.17) is 9.47 Å². The quantitative estimate of drug-likeness (QED) is 0.503. The molecular formula is C17H22O3. The second-order valence-electron chi connectivity index (χ2n) is 7.02. The average molecular weight is 274 g/mol. The summed E-state index contributed by atoms with van der Waals surface area (Å²) in [4.78, 5) is 12.4. The molecule has 2 heterocycles. The molecule has 2 aliphatic heterocycles. The fraction of sp³-hybridized carbons (Fsp3) is 0.706. The molecule has 0 unspecified atom stereocenters. The van der Waals surface area contributed by atoms with Gasteiger partial charge in [0.25, 0.3) is 0 Å². The molecule has 3 heteroatoms. The number of esters is 1. The van der Waals surface area contributed by atoms with Crippen LogP contribution in [0.1, 0.15) is 39.0 Å². The minimum absolute atomic E-state index is 0.0331. The topological polar surface area (TPSA) is 35.5 Å². The standard InChI is InChI=1S/C17H22O3/c1-9-5-7-13-15(14-10(2)4-6-12(9)14)19-16(18)17(13)8-11(3)20-17/h11-15H,1-2,4-8H2,3H3/t11-,12-,13+,14-,15-,17-/m0/s1. The van der Waals surface area contributed by atoms with Crippen LogP contribution in [0.15, 0.2) is 24.3 Å². The molecule has 1 spiro atoms. The zero-order valence-corrected chi connectivity index (χ0v) is 12.1. The van der Waals surface area contributed by atoms with E-state index < -0.39 is 5.60 Å². The van der Waals surface area contributed by atoms with Gasteiger partial charge >= 0.3 is 5.97 Å². The molecule has 0 bridgehead atoms. The number of fused-ring (bicyclic) bond motifs is 4. The highest BCUT2D eigenvalue weighted by atomic mass is 16.6. The number of carbonyl (C=O) groups excluding carboxylic acids is 1. The second kappa shape index (κ2) is 3.97. The largest absolute Gasteiger partial charge is 0.459 e. The third-order valence-corrected chi connectivity index (χ3v) is 5.92. The fourth-order valence-corrected chi connectivity index (χ4v) is 5.01. The van der Waals surface area contributed by atoms with E-state index in [9.17, 15) is 4.79 Å². The van der Waals surface area contributed by atoms with Crippen LogP contribution < -0.4 is 0 Å². The molecule has 0 aromatic carbocycles. The Kier molecular flexibility index (Phi) is 2.51. The number of rotatable bonds is 0. The first-order valence-corrected chi connectivity index (χ1v) is 7.77. The summed E-state index contributed by atoms with van der Waals surface area (Å²) in [6.07, 6.45) is 5.06. The number of hydrogen-bond acceptors (Lipinski definition) is 3. The maximum Gasteiger partial charge on any atom is 0.339 e. The summed E-state index contributed by atoms with van der Waals surface area (Å²) in [7, 11) is 0. The van der Waals surface area contributed by atoms with E-state index in [0.29, 0.717) is 5.92 Å². The van der Waals surface area contributed by atoms with Crippen molar-refractivity contribution in [3.8, 4) is 0 Å². The van der Waals surface area contributed by atoms with Gasteiger partial charge in [-0.3, -0.25) is 0 Å². The van der Waals surface area contributed by atoms with Gasteiger partial charge in [-0.2, -0.15) is 0 Å². The smallest absolute Gasteiger partial charge is 0.339 e. The predicted octanol–water partition coefficient (Wildman–Crippen LogP) is 3.01. The van der Waals surface area contributed by atoms with Crippen LogP contribution in [-0.4, -0.2) is 23.8 Å². The highest BCUT2D eigenvalue weighted by Crippen LogP contribution is 2.57. The molecule has 2 saturated heterocycles. The summed E-state index contributed by atoms with van der Waals surface area (Å²) >= 11 is 0. The van der Waals surface area contributed by atoms with Crippen LogP contribution in [0, 0.1) is 17.8 Å². The highest BCUT2D eigenvalue weighted by Gasteiger charge is 2.66. The fourth-order valence-electron chi connectivity index (χ4n) is 5.01. The van der Waals surface area contributed by atoms with Crippen LogP contribution in [0.4, 0.5) is 0 Å². The van der Waals surface area contributed by atoms with Gasteiger partial charge < -0.3 is 9.47 Å². The van der Waals surface area contributed by atoms with Gasteiger partial charge in [-0.15, -0.1) is 0 Å². The molecule has 0 amide bonds. The predicted molar refractivity (Wildman–Crippen MR) is 75.0 cm³/mol. The summed E-state index contributed by atoms with van der Waals surface area (Å²) in [6.45, 7) is 10.5. The molecular weight excluding hydrogens is 252 g/mol. The second-order valence-corrected chi connectivity index (χ2v) is 7.02. The van der Waals surface area contributed by atoms with Crippen LogP contribution in [0.3, 0.4) is 0 Å². The first kappa shape index (κ1) is 12.6. The maximum absolute atomic E-state index is 12.4.